The average Bonchev–Trinajstić information content (AvgIpc) is 3.43. The maximum Gasteiger partial charge on any atom is 0.261 e. The molecule has 0 spiro atoms. The first kappa shape index (κ1) is 21.0. The second-order valence-electron chi connectivity index (χ2n) is 9.59. The first-order chi connectivity index (χ1) is 16.6. The van der Waals surface area contributed by atoms with Crippen LogP contribution in [-0.4, -0.2) is 61.3 Å². The molecule has 3 aliphatic rings. The van der Waals surface area contributed by atoms with E-state index in [1.807, 2.05) is 33.7 Å². The molecule has 0 atom stereocenters. The second-order valence-corrected chi connectivity index (χ2v) is 9.59. The lowest BCUT2D eigenvalue weighted by Gasteiger charge is -2.31. The maximum atomic E-state index is 13.3. The molecule has 174 valence electrons. The standard InChI is InChI=1S/C26H27N5O3/c32-24(29-14-11-17(12-15-29)23-28-27-22-8-4-5-13-30(22)23)18-9-10-20-21(16-18)26(34)31(25(20)33)19-6-2-1-3-7-19/h4-5,8-10,13,16-17,19H,1-3,6-7,11-12,14-15H2. The van der Waals surface area contributed by atoms with Gasteiger partial charge in [0.05, 0.1) is 11.1 Å². The second kappa shape index (κ2) is 8.34. The number of carbonyl (C=O) groups is 3. The van der Waals surface area contributed by atoms with Gasteiger partial charge in [-0.3, -0.25) is 23.7 Å². The number of hydrogen-bond acceptors (Lipinski definition) is 5. The van der Waals surface area contributed by atoms with Crippen LogP contribution in [0.15, 0.2) is 42.6 Å². The molecule has 3 aromatic rings. The fourth-order valence-electron chi connectivity index (χ4n) is 5.72. The summed E-state index contributed by atoms with van der Waals surface area (Å²) in [5.74, 6) is 0.617. The zero-order valence-electron chi connectivity index (χ0n) is 19.0. The number of aromatic nitrogens is 3. The molecule has 2 aromatic heterocycles. The molecule has 8 nitrogen and oxygen atoms in total. The predicted octanol–water partition coefficient (Wildman–Crippen LogP) is 3.68. The van der Waals surface area contributed by atoms with Gasteiger partial charge in [0.1, 0.15) is 5.82 Å². The van der Waals surface area contributed by atoms with Crippen LogP contribution in [0.2, 0.25) is 0 Å². The highest BCUT2D eigenvalue weighted by Crippen LogP contribution is 2.32. The summed E-state index contributed by atoms with van der Waals surface area (Å²) in [6.45, 7) is 1.23. The Morgan fingerprint density at radius 1 is 0.853 bits per heavy atom. The van der Waals surface area contributed by atoms with Gasteiger partial charge in [-0.2, -0.15) is 0 Å². The van der Waals surface area contributed by atoms with Crippen molar-refractivity contribution in [2.75, 3.05) is 13.1 Å². The Hall–Kier alpha value is -3.55. The molecule has 6 rings (SSSR count). The van der Waals surface area contributed by atoms with Crippen LogP contribution in [0.1, 0.15) is 87.8 Å². The fraction of sp³-hybridized carbons (Fsp3) is 0.423. The van der Waals surface area contributed by atoms with Gasteiger partial charge >= 0.3 is 0 Å². The van der Waals surface area contributed by atoms with E-state index in [4.69, 9.17) is 0 Å². The van der Waals surface area contributed by atoms with Crippen molar-refractivity contribution in [3.05, 3.63) is 65.1 Å². The summed E-state index contributed by atoms with van der Waals surface area (Å²) in [5.41, 5.74) is 2.09. The van der Waals surface area contributed by atoms with Crippen LogP contribution in [0.4, 0.5) is 0 Å². The zero-order valence-corrected chi connectivity index (χ0v) is 19.0. The zero-order chi connectivity index (χ0) is 23.2. The largest absolute Gasteiger partial charge is 0.339 e. The van der Waals surface area contributed by atoms with Crippen LogP contribution in [-0.2, 0) is 0 Å². The maximum absolute atomic E-state index is 13.3. The van der Waals surface area contributed by atoms with Gasteiger partial charge in [-0.15, -0.1) is 10.2 Å². The van der Waals surface area contributed by atoms with Crippen molar-refractivity contribution in [1.29, 1.82) is 0 Å². The summed E-state index contributed by atoms with van der Waals surface area (Å²) in [7, 11) is 0. The first-order valence-electron chi connectivity index (χ1n) is 12.2. The Morgan fingerprint density at radius 3 is 2.41 bits per heavy atom. The number of fused-ring (bicyclic) bond motifs is 2. The molecule has 1 aliphatic carbocycles. The molecule has 3 amide bonds. The Balaban J connectivity index is 1.17. The van der Waals surface area contributed by atoms with E-state index in [1.54, 1.807) is 18.2 Å². The molecule has 0 bridgehead atoms. The van der Waals surface area contributed by atoms with Gasteiger partial charge in [-0.05, 0) is 56.0 Å². The minimum absolute atomic E-state index is 0.0208. The lowest BCUT2D eigenvalue weighted by molar-refractivity contribution is 0.0548. The number of pyridine rings is 1. The number of likely N-dealkylation sites (tertiary alicyclic amines) is 1. The third-order valence-electron chi connectivity index (χ3n) is 7.59. The van der Waals surface area contributed by atoms with Crippen molar-refractivity contribution in [3.8, 4) is 0 Å². The van der Waals surface area contributed by atoms with E-state index in [-0.39, 0.29) is 29.7 Å². The average molecular weight is 458 g/mol. The molecule has 0 radical (unpaired) electrons. The molecule has 1 saturated carbocycles. The number of imide groups is 1. The highest BCUT2D eigenvalue weighted by molar-refractivity contribution is 6.22. The molecule has 2 fully saturated rings. The third kappa shape index (κ3) is 3.40. The molecule has 8 heteroatoms. The van der Waals surface area contributed by atoms with Gasteiger partial charge in [0, 0.05) is 36.8 Å². The number of piperidine rings is 1. The van der Waals surface area contributed by atoms with Crippen LogP contribution in [0, 0.1) is 0 Å². The number of hydrogen-bond donors (Lipinski definition) is 0. The molecule has 1 aromatic carbocycles. The van der Waals surface area contributed by atoms with Crippen LogP contribution in [0.25, 0.3) is 5.65 Å². The van der Waals surface area contributed by atoms with Crippen molar-refractivity contribution in [1.82, 2.24) is 24.4 Å². The van der Waals surface area contributed by atoms with Crippen molar-refractivity contribution < 1.29 is 14.4 Å². The number of carbonyl (C=O) groups excluding carboxylic acids is 3. The van der Waals surface area contributed by atoms with Gasteiger partial charge in [0.25, 0.3) is 17.7 Å². The quantitative estimate of drug-likeness (QED) is 0.560. The molecule has 0 unspecified atom stereocenters. The van der Waals surface area contributed by atoms with E-state index in [9.17, 15) is 14.4 Å². The summed E-state index contributed by atoms with van der Waals surface area (Å²) in [4.78, 5) is 42.6. The van der Waals surface area contributed by atoms with E-state index in [0.717, 1.165) is 56.4 Å². The summed E-state index contributed by atoms with van der Waals surface area (Å²) in [6.07, 6.45) is 8.56. The number of benzene rings is 1. The van der Waals surface area contributed by atoms with Crippen LogP contribution < -0.4 is 0 Å². The molecule has 4 heterocycles. The van der Waals surface area contributed by atoms with E-state index in [2.05, 4.69) is 10.2 Å². The number of rotatable bonds is 3. The number of nitrogens with zero attached hydrogens (tertiary/aromatic N) is 5. The molecule has 0 N–H and O–H groups in total. The Labute approximate surface area is 197 Å². The van der Waals surface area contributed by atoms with Gasteiger partial charge < -0.3 is 4.90 Å². The normalized spacial score (nSPS) is 19.8. The smallest absolute Gasteiger partial charge is 0.261 e. The lowest BCUT2D eigenvalue weighted by atomic mass is 9.94. The highest BCUT2D eigenvalue weighted by atomic mass is 16.2. The van der Waals surface area contributed by atoms with Crippen molar-refractivity contribution in [3.63, 3.8) is 0 Å². The van der Waals surface area contributed by atoms with Crippen LogP contribution in [0.3, 0.4) is 0 Å². The van der Waals surface area contributed by atoms with E-state index < -0.39 is 0 Å². The highest BCUT2D eigenvalue weighted by Gasteiger charge is 2.40. The molecular weight excluding hydrogens is 430 g/mol. The fourth-order valence-corrected chi connectivity index (χ4v) is 5.72. The van der Waals surface area contributed by atoms with Crippen molar-refractivity contribution in [2.45, 2.75) is 56.9 Å². The molecule has 1 saturated heterocycles. The summed E-state index contributed by atoms with van der Waals surface area (Å²) < 4.78 is 2.02. The summed E-state index contributed by atoms with van der Waals surface area (Å²) in [5, 5.41) is 8.63. The van der Waals surface area contributed by atoms with Gasteiger partial charge in [0.15, 0.2) is 5.65 Å². The number of amides is 3. The van der Waals surface area contributed by atoms with Crippen molar-refractivity contribution in [2.24, 2.45) is 0 Å². The Kier molecular flexibility index (Phi) is 5.16. The van der Waals surface area contributed by atoms with Crippen molar-refractivity contribution >= 4 is 23.4 Å². The minimum atomic E-state index is -0.251. The molecule has 34 heavy (non-hydrogen) atoms. The van der Waals surface area contributed by atoms with Crippen LogP contribution >= 0.6 is 0 Å². The van der Waals surface area contributed by atoms with E-state index >= 15 is 0 Å². The first-order valence-corrected chi connectivity index (χ1v) is 12.2. The van der Waals surface area contributed by atoms with Crippen LogP contribution in [0.5, 0.6) is 0 Å². The molecular formula is C26H27N5O3. The monoisotopic (exact) mass is 457 g/mol. The summed E-state index contributed by atoms with van der Waals surface area (Å²) in [6, 6.07) is 10.8. The summed E-state index contributed by atoms with van der Waals surface area (Å²) >= 11 is 0. The Bertz CT molecular complexity index is 1280. The van der Waals surface area contributed by atoms with Gasteiger partial charge in [-0.25, -0.2) is 0 Å². The third-order valence-corrected chi connectivity index (χ3v) is 7.59. The minimum Gasteiger partial charge on any atom is -0.339 e. The lowest BCUT2D eigenvalue weighted by Crippen LogP contribution is -2.40. The topological polar surface area (TPSA) is 87.9 Å². The van der Waals surface area contributed by atoms with Gasteiger partial charge in [0.2, 0.25) is 0 Å². The Morgan fingerprint density at radius 2 is 1.62 bits per heavy atom. The van der Waals surface area contributed by atoms with E-state index in [0.29, 0.717) is 29.8 Å². The predicted molar refractivity (Wildman–Crippen MR) is 125 cm³/mol. The van der Waals surface area contributed by atoms with Gasteiger partial charge in [-0.1, -0.05) is 25.3 Å². The van der Waals surface area contributed by atoms with E-state index in [1.165, 1.54) is 4.90 Å². The molecule has 2 aliphatic heterocycles. The SMILES string of the molecule is O=C(c1ccc2c(c1)C(=O)N(C1CCCCC1)C2=O)N1CCC(c2nnc3ccccn23)CC1.